The van der Waals surface area contributed by atoms with Crippen molar-refractivity contribution in [1.29, 1.82) is 0 Å². The summed E-state index contributed by atoms with van der Waals surface area (Å²) < 4.78 is 0. The van der Waals surface area contributed by atoms with Crippen LogP contribution >= 0.6 is 0 Å². The molecule has 13 heteroatoms. The molecule has 188 valence electrons. The number of rotatable bonds is 15. The molecule has 0 bridgehead atoms. The first-order valence-electron chi connectivity index (χ1n) is 11.0. The van der Waals surface area contributed by atoms with E-state index in [0.29, 0.717) is 32.4 Å². The molecular formula is C20H35N5O8. The average molecular weight is 474 g/mol. The molecule has 0 aliphatic carbocycles. The number of aliphatic hydroxyl groups is 1. The fraction of sp³-hybridized carbons (Fsp3) is 0.750. The maximum Gasteiger partial charge on any atom is 0.328 e. The summed E-state index contributed by atoms with van der Waals surface area (Å²) in [6.07, 6.45) is 0.537. The summed E-state index contributed by atoms with van der Waals surface area (Å²) in [6.45, 7) is 2.20. The molecule has 5 unspecified atom stereocenters. The molecule has 5 atom stereocenters. The van der Waals surface area contributed by atoms with E-state index in [1.54, 1.807) is 0 Å². The summed E-state index contributed by atoms with van der Waals surface area (Å²) in [5, 5.41) is 38.0. The Morgan fingerprint density at radius 2 is 1.64 bits per heavy atom. The number of hydrogen-bond donors (Lipinski definition) is 8. The zero-order valence-corrected chi connectivity index (χ0v) is 18.7. The lowest BCUT2D eigenvalue weighted by Crippen LogP contribution is -2.58. The topological polar surface area (TPSA) is 220 Å². The number of carboxylic acid groups (broad SMARTS) is 2. The lowest BCUT2D eigenvalue weighted by Gasteiger charge is -2.25. The van der Waals surface area contributed by atoms with Crippen LogP contribution in [0, 0.1) is 0 Å². The van der Waals surface area contributed by atoms with Gasteiger partial charge in [-0.2, -0.15) is 0 Å². The normalized spacial score (nSPS) is 19.1. The minimum absolute atomic E-state index is 0.130. The molecule has 0 aromatic carbocycles. The van der Waals surface area contributed by atoms with Gasteiger partial charge in [0.05, 0.1) is 12.1 Å². The number of aliphatic carboxylic acids is 2. The van der Waals surface area contributed by atoms with Gasteiger partial charge < -0.3 is 42.3 Å². The largest absolute Gasteiger partial charge is 0.481 e. The van der Waals surface area contributed by atoms with Crippen LogP contribution in [0.15, 0.2) is 0 Å². The number of nitrogens with two attached hydrogens (primary N) is 1. The fourth-order valence-corrected chi connectivity index (χ4v) is 3.39. The molecule has 0 spiro atoms. The first kappa shape index (κ1) is 28.3. The smallest absolute Gasteiger partial charge is 0.328 e. The van der Waals surface area contributed by atoms with Crippen molar-refractivity contribution in [1.82, 2.24) is 21.3 Å². The van der Waals surface area contributed by atoms with Crippen molar-refractivity contribution in [2.75, 3.05) is 13.1 Å². The molecule has 1 rings (SSSR count). The van der Waals surface area contributed by atoms with E-state index in [2.05, 4.69) is 21.3 Å². The number of nitrogens with one attached hydrogen (secondary N) is 4. The second kappa shape index (κ2) is 14.4. The predicted molar refractivity (Wildman–Crippen MR) is 116 cm³/mol. The number of carbonyl (C=O) groups is 5. The van der Waals surface area contributed by atoms with Crippen LogP contribution in [-0.4, -0.2) is 88.3 Å². The minimum Gasteiger partial charge on any atom is -0.481 e. The number of hydrogen-bond acceptors (Lipinski definition) is 8. The van der Waals surface area contributed by atoms with Crippen LogP contribution in [0.2, 0.25) is 0 Å². The standard InChI is InChI=1S/C20H35N5O8/c1-11(26)16(20(32)33)25-19(31)13(5-2-3-9-21)23-18(30)14(7-8-15(27)28)24-17(29)12-6-4-10-22-12/h11-14,16,22,26H,2-10,21H2,1H3,(H,23,30)(H,24,29)(H,25,31)(H,27,28)(H,32,33). The van der Waals surface area contributed by atoms with Gasteiger partial charge in [-0.05, 0) is 58.5 Å². The van der Waals surface area contributed by atoms with Crippen LogP contribution in [0.25, 0.3) is 0 Å². The molecule has 3 amide bonds. The van der Waals surface area contributed by atoms with Gasteiger partial charge in [-0.15, -0.1) is 0 Å². The highest BCUT2D eigenvalue weighted by atomic mass is 16.4. The highest BCUT2D eigenvalue weighted by Crippen LogP contribution is 2.08. The van der Waals surface area contributed by atoms with Crippen molar-refractivity contribution >= 4 is 29.7 Å². The van der Waals surface area contributed by atoms with Crippen LogP contribution in [0.4, 0.5) is 0 Å². The molecule has 1 aliphatic heterocycles. The summed E-state index contributed by atoms with van der Waals surface area (Å²) in [5.74, 6) is -4.63. The van der Waals surface area contributed by atoms with Crippen LogP contribution in [-0.2, 0) is 24.0 Å². The van der Waals surface area contributed by atoms with E-state index >= 15 is 0 Å². The number of carboxylic acids is 2. The molecule has 0 aromatic heterocycles. The van der Waals surface area contributed by atoms with Crippen LogP contribution in [0.5, 0.6) is 0 Å². The van der Waals surface area contributed by atoms with E-state index in [-0.39, 0.29) is 19.3 Å². The van der Waals surface area contributed by atoms with Gasteiger partial charge >= 0.3 is 11.9 Å². The molecular weight excluding hydrogens is 438 g/mol. The quantitative estimate of drug-likeness (QED) is 0.118. The van der Waals surface area contributed by atoms with Crippen molar-refractivity contribution < 1.29 is 39.3 Å². The van der Waals surface area contributed by atoms with E-state index < -0.39 is 59.9 Å². The van der Waals surface area contributed by atoms with Crippen molar-refractivity contribution in [2.24, 2.45) is 5.73 Å². The minimum atomic E-state index is -1.58. The van der Waals surface area contributed by atoms with E-state index in [0.717, 1.165) is 6.42 Å². The molecule has 33 heavy (non-hydrogen) atoms. The van der Waals surface area contributed by atoms with Gasteiger partial charge in [0.25, 0.3) is 0 Å². The molecule has 1 aliphatic rings. The van der Waals surface area contributed by atoms with Crippen molar-refractivity contribution in [2.45, 2.75) is 82.1 Å². The zero-order chi connectivity index (χ0) is 25.0. The van der Waals surface area contributed by atoms with Crippen molar-refractivity contribution in [3.63, 3.8) is 0 Å². The fourth-order valence-electron chi connectivity index (χ4n) is 3.39. The summed E-state index contributed by atoms with van der Waals surface area (Å²) in [5.41, 5.74) is 5.48. The van der Waals surface area contributed by atoms with Gasteiger partial charge in [0.2, 0.25) is 17.7 Å². The lowest BCUT2D eigenvalue weighted by atomic mass is 10.0. The lowest BCUT2D eigenvalue weighted by molar-refractivity contribution is -0.145. The third-order valence-electron chi connectivity index (χ3n) is 5.28. The summed E-state index contributed by atoms with van der Waals surface area (Å²) >= 11 is 0. The van der Waals surface area contributed by atoms with E-state index in [4.69, 9.17) is 10.8 Å². The maximum absolute atomic E-state index is 12.9. The van der Waals surface area contributed by atoms with Crippen LogP contribution in [0.3, 0.4) is 0 Å². The van der Waals surface area contributed by atoms with Gasteiger partial charge in [-0.3, -0.25) is 19.2 Å². The first-order chi connectivity index (χ1) is 15.6. The Morgan fingerprint density at radius 3 is 2.15 bits per heavy atom. The highest BCUT2D eigenvalue weighted by Gasteiger charge is 2.32. The monoisotopic (exact) mass is 473 g/mol. The van der Waals surface area contributed by atoms with E-state index in [1.807, 2.05) is 0 Å². The van der Waals surface area contributed by atoms with Crippen LogP contribution < -0.4 is 27.0 Å². The number of amides is 3. The Morgan fingerprint density at radius 1 is 1.00 bits per heavy atom. The first-order valence-corrected chi connectivity index (χ1v) is 11.0. The Kier molecular flexibility index (Phi) is 12.3. The summed E-state index contributed by atoms with van der Waals surface area (Å²) in [6, 6.07) is -4.44. The number of aliphatic hydroxyl groups excluding tert-OH is 1. The van der Waals surface area contributed by atoms with E-state index in [9.17, 15) is 34.2 Å². The maximum atomic E-state index is 12.9. The average Bonchev–Trinajstić information content (AvgIpc) is 3.28. The Labute approximate surface area is 191 Å². The Hall–Kier alpha value is -2.77. The molecule has 1 heterocycles. The summed E-state index contributed by atoms with van der Waals surface area (Å²) in [4.78, 5) is 60.3. The van der Waals surface area contributed by atoms with Gasteiger partial charge in [0, 0.05) is 6.42 Å². The molecule has 0 saturated carbocycles. The number of unbranched alkanes of at least 4 members (excludes halogenated alkanes) is 1. The van der Waals surface area contributed by atoms with Gasteiger partial charge in [0.1, 0.15) is 12.1 Å². The summed E-state index contributed by atoms with van der Waals surface area (Å²) in [7, 11) is 0. The predicted octanol–water partition coefficient (Wildman–Crippen LogP) is -2.35. The molecule has 1 saturated heterocycles. The molecule has 13 nitrogen and oxygen atoms in total. The molecule has 0 radical (unpaired) electrons. The zero-order valence-electron chi connectivity index (χ0n) is 18.7. The van der Waals surface area contributed by atoms with E-state index in [1.165, 1.54) is 6.92 Å². The third-order valence-corrected chi connectivity index (χ3v) is 5.28. The molecule has 1 fully saturated rings. The van der Waals surface area contributed by atoms with Gasteiger partial charge in [-0.25, -0.2) is 4.79 Å². The second-order valence-corrected chi connectivity index (χ2v) is 8.05. The van der Waals surface area contributed by atoms with Crippen molar-refractivity contribution in [3.8, 4) is 0 Å². The number of carbonyl (C=O) groups excluding carboxylic acids is 3. The molecule has 9 N–H and O–H groups in total. The van der Waals surface area contributed by atoms with Gasteiger partial charge in [0.15, 0.2) is 6.04 Å². The Balaban J connectivity index is 2.93. The third kappa shape index (κ3) is 10.1. The van der Waals surface area contributed by atoms with Gasteiger partial charge in [-0.1, -0.05) is 0 Å². The SMILES string of the molecule is CC(O)C(NC(=O)C(CCCCN)NC(=O)C(CCC(=O)O)NC(=O)C1CCCN1)C(=O)O. The molecule has 0 aromatic rings. The highest BCUT2D eigenvalue weighted by molar-refractivity contribution is 5.94. The van der Waals surface area contributed by atoms with Crippen LogP contribution in [0.1, 0.15) is 51.9 Å². The van der Waals surface area contributed by atoms with Crippen molar-refractivity contribution in [3.05, 3.63) is 0 Å². The second-order valence-electron chi connectivity index (χ2n) is 8.05. The Bertz CT molecular complexity index is 696.